The molecule has 1 aromatic carbocycles. The van der Waals surface area contributed by atoms with Crippen molar-refractivity contribution >= 4 is 10.1 Å². The maximum Gasteiger partial charge on any atom is 0.297 e. The Morgan fingerprint density at radius 2 is 1.76 bits per heavy atom. The van der Waals surface area contributed by atoms with Crippen LogP contribution in [0.5, 0.6) is 0 Å². The zero-order valence-electron chi connectivity index (χ0n) is 12.8. The summed E-state index contributed by atoms with van der Waals surface area (Å²) in [6.07, 6.45) is 2.97. The number of rotatable bonds is 4. The predicted octanol–water partition coefficient (Wildman–Crippen LogP) is 2.43. The highest BCUT2D eigenvalue weighted by Crippen LogP contribution is 2.48. The zero-order chi connectivity index (χ0) is 15.2. The van der Waals surface area contributed by atoms with Crippen molar-refractivity contribution in [2.75, 3.05) is 14.1 Å². The number of benzene rings is 1. The van der Waals surface area contributed by atoms with Crippen LogP contribution in [0.1, 0.15) is 24.8 Å². The van der Waals surface area contributed by atoms with Crippen LogP contribution in [0.2, 0.25) is 0 Å². The molecule has 1 aromatic rings. The highest BCUT2D eigenvalue weighted by Gasteiger charge is 2.49. The van der Waals surface area contributed by atoms with Crippen LogP contribution in [-0.2, 0) is 14.3 Å². The van der Waals surface area contributed by atoms with Gasteiger partial charge < -0.3 is 4.90 Å². The number of aryl methyl sites for hydroxylation is 1. The molecular weight excluding hydrogens is 286 g/mol. The summed E-state index contributed by atoms with van der Waals surface area (Å²) in [7, 11) is 0.482. The molecule has 0 N–H and O–H groups in total. The van der Waals surface area contributed by atoms with Gasteiger partial charge in [0.25, 0.3) is 10.1 Å². The van der Waals surface area contributed by atoms with E-state index in [1.54, 1.807) is 24.3 Å². The SMILES string of the molecule is Cc1ccc(S(=O)(=O)O[C@H]2C[C@@H]3C[C@H]2[C@@H](N(C)C)C3)cc1. The van der Waals surface area contributed by atoms with E-state index in [0.29, 0.717) is 17.9 Å². The zero-order valence-corrected chi connectivity index (χ0v) is 13.6. The summed E-state index contributed by atoms with van der Waals surface area (Å²) in [5, 5.41) is 0. The summed E-state index contributed by atoms with van der Waals surface area (Å²) in [4.78, 5) is 2.47. The van der Waals surface area contributed by atoms with E-state index < -0.39 is 10.1 Å². The quantitative estimate of drug-likeness (QED) is 0.802. The normalized spacial score (nSPS) is 32.0. The molecule has 0 aromatic heterocycles. The van der Waals surface area contributed by atoms with Gasteiger partial charge in [0.05, 0.1) is 11.0 Å². The van der Waals surface area contributed by atoms with Gasteiger partial charge >= 0.3 is 0 Å². The van der Waals surface area contributed by atoms with Crippen LogP contribution >= 0.6 is 0 Å². The van der Waals surface area contributed by atoms with Gasteiger partial charge in [0.2, 0.25) is 0 Å². The Labute approximate surface area is 127 Å². The monoisotopic (exact) mass is 309 g/mol. The molecule has 5 heteroatoms. The van der Waals surface area contributed by atoms with Gasteiger partial charge in [-0.2, -0.15) is 8.42 Å². The minimum Gasteiger partial charge on any atom is -0.306 e. The Morgan fingerprint density at radius 3 is 2.33 bits per heavy atom. The first-order chi connectivity index (χ1) is 9.87. The summed E-state index contributed by atoms with van der Waals surface area (Å²) in [6.45, 7) is 1.94. The van der Waals surface area contributed by atoms with E-state index in [-0.39, 0.29) is 11.0 Å². The fourth-order valence-corrected chi connectivity index (χ4v) is 5.00. The molecule has 21 heavy (non-hydrogen) atoms. The average molecular weight is 309 g/mol. The van der Waals surface area contributed by atoms with E-state index >= 15 is 0 Å². The summed E-state index contributed by atoms with van der Waals surface area (Å²) < 4.78 is 30.4. The highest BCUT2D eigenvalue weighted by atomic mass is 32.2. The summed E-state index contributed by atoms with van der Waals surface area (Å²) >= 11 is 0. The molecule has 0 radical (unpaired) electrons. The van der Waals surface area contributed by atoms with Crippen LogP contribution in [-0.4, -0.2) is 39.6 Å². The molecule has 0 spiro atoms. The van der Waals surface area contributed by atoms with Crippen molar-refractivity contribution in [2.45, 2.75) is 43.2 Å². The molecule has 2 saturated carbocycles. The Bertz CT molecular complexity index is 609. The molecule has 0 aliphatic heterocycles. The second-order valence-electron chi connectivity index (χ2n) is 6.67. The lowest BCUT2D eigenvalue weighted by Gasteiger charge is -2.33. The Hall–Kier alpha value is -0.910. The largest absolute Gasteiger partial charge is 0.306 e. The van der Waals surface area contributed by atoms with E-state index in [2.05, 4.69) is 19.0 Å². The van der Waals surface area contributed by atoms with Crippen LogP contribution in [0, 0.1) is 18.8 Å². The molecule has 0 heterocycles. The number of nitrogens with zero attached hydrogens (tertiary/aromatic N) is 1. The number of fused-ring (bicyclic) bond motifs is 2. The van der Waals surface area contributed by atoms with E-state index in [0.717, 1.165) is 18.4 Å². The average Bonchev–Trinajstić information content (AvgIpc) is 2.98. The molecule has 2 aliphatic carbocycles. The fraction of sp³-hybridized carbons (Fsp3) is 0.625. The first-order valence-corrected chi connectivity index (χ1v) is 8.94. The highest BCUT2D eigenvalue weighted by molar-refractivity contribution is 7.86. The second-order valence-corrected chi connectivity index (χ2v) is 8.24. The Morgan fingerprint density at radius 1 is 1.10 bits per heavy atom. The van der Waals surface area contributed by atoms with Crippen LogP contribution in [0.3, 0.4) is 0 Å². The van der Waals surface area contributed by atoms with Crippen LogP contribution < -0.4 is 0 Å². The third-order valence-corrected chi connectivity index (χ3v) is 6.29. The third-order valence-electron chi connectivity index (χ3n) is 4.94. The molecule has 2 aliphatic rings. The Balaban J connectivity index is 1.76. The smallest absolute Gasteiger partial charge is 0.297 e. The predicted molar refractivity (Wildman–Crippen MR) is 81.5 cm³/mol. The van der Waals surface area contributed by atoms with Crippen molar-refractivity contribution in [1.82, 2.24) is 4.90 Å². The minimum atomic E-state index is -3.65. The second kappa shape index (κ2) is 5.38. The molecule has 4 atom stereocenters. The van der Waals surface area contributed by atoms with Gasteiger partial charge in [-0.1, -0.05) is 17.7 Å². The van der Waals surface area contributed by atoms with Gasteiger partial charge in [0.15, 0.2) is 0 Å². The molecule has 0 amide bonds. The molecule has 2 bridgehead atoms. The van der Waals surface area contributed by atoms with Crippen LogP contribution in [0.15, 0.2) is 29.2 Å². The van der Waals surface area contributed by atoms with Gasteiger partial charge in [-0.3, -0.25) is 4.18 Å². The molecule has 116 valence electrons. The van der Waals surface area contributed by atoms with E-state index in [4.69, 9.17) is 4.18 Å². The van der Waals surface area contributed by atoms with Crippen LogP contribution in [0.25, 0.3) is 0 Å². The maximum atomic E-state index is 12.4. The lowest BCUT2D eigenvalue weighted by molar-refractivity contribution is 0.0851. The summed E-state index contributed by atoms with van der Waals surface area (Å²) in [6, 6.07) is 7.31. The molecule has 2 fully saturated rings. The standard InChI is InChI=1S/C16H23NO3S/c1-11-4-6-13(7-5-11)21(18,19)20-16-10-12-8-14(16)15(9-12)17(2)3/h4-7,12,14-16H,8-10H2,1-3H3/t12-,14+,15+,16+/m1/s1. The molecular formula is C16H23NO3S. The first kappa shape index (κ1) is 15.0. The van der Waals surface area contributed by atoms with Crippen molar-refractivity contribution < 1.29 is 12.6 Å². The van der Waals surface area contributed by atoms with Gasteiger partial charge in [-0.15, -0.1) is 0 Å². The van der Waals surface area contributed by atoms with Gasteiger partial charge in [-0.05, 0) is 58.3 Å². The molecule has 3 rings (SSSR count). The van der Waals surface area contributed by atoms with Crippen molar-refractivity contribution in [3.8, 4) is 0 Å². The number of hydrogen-bond acceptors (Lipinski definition) is 4. The Kier molecular flexibility index (Phi) is 3.84. The van der Waals surface area contributed by atoms with Crippen molar-refractivity contribution in [2.24, 2.45) is 11.8 Å². The lowest BCUT2D eigenvalue weighted by atomic mass is 9.92. The first-order valence-electron chi connectivity index (χ1n) is 7.53. The van der Waals surface area contributed by atoms with Crippen molar-refractivity contribution in [3.63, 3.8) is 0 Å². The summed E-state index contributed by atoms with van der Waals surface area (Å²) in [5.74, 6) is 0.950. The van der Waals surface area contributed by atoms with E-state index in [1.807, 2.05) is 6.92 Å². The van der Waals surface area contributed by atoms with E-state index in [9.17, 15) is 8.42 Å². The molecule has 0 unspecified atom stereocenters. The van der Waals surface area contributed by atoms with Gasteiger partial charge in [0, 0.05) is 12.0 Å². The topological polar surface area (TPSA) is 46.6 Å². The fourth-order valence-electron chi connectivity index (χ4n) is 3.88. The third kappa shape index (κ3) is 2.87. The lowest BCUT2D eigenvalue weighted by Crippen LogP contribution is -2.40. The summed E-state index contributed by atoms with van der Waals surface area (Å²) in [5.41, 5.74) is 1.04. The van der Waals surface area contributed by atoms with Crippen molar-refractivity contribution in [1.29, 1.82) is 0 Å². The minimum absolute atomic E-state index is 0.164. The van der Waals surface area contributed by atoms with E-state index in [1.165, 1.54) is 6.42 Å². The van der Waals surface area contributed by atoms with Gasteiger partial charge in [0.1, 0.15) is 0 Å². The van der Waals surface area contributed by atoms with Crippen LogP contribution in [0.4, 0.5) is 0 Å². The van der Waals surface area contributed by atoms with Crippen molar-refractivity contribution in [3.05, 3.63) is 29.8 Å². The molecule has 4 nitrogen and oxygen atoms in total. The maximum absolute atomic E-state index is 12.4. The van der Waals surface area contributed by atoms with Gasteiger partial charge in [-0.25, -0.2) is 0 Å². The number of hydrogen-bond donors (Lipinski definition) is 0. The molecule has 0 saturated heterocycles.